The van der Waals surface area contributed by atoms with Gasteiger partial charge in [0.05, 0.1) is 24.8 Å². The van der Waals surface area contributed by atoms with Crippen molar-refractivity contribution in [2.45, 2.75) is 32.4 Å². The lowest BCUT2D eigenvalue weighted by Crippen LogP contribution is -2.32. The molecule has 2 atom stereocenters. The SMILES string of the molecule is CCOc1cccc([C@@H]2C(=C(O)c3ccc4c(c3)C[C@@H](C)O4)C(=O)C(=O)N2CCOC)c1. The number of fused-ring (bicyclic) bond motifs is 1. The third-order valence-electron chi connectivity index (χ3n) is 5.73. The quantitative estimate of drug-likeness (QED) is 0.406. The average Bonchev–Trinajstić information content (AvgIpc) is 3.28. The van der Waals surface area contributed by atoms with Crippen molar-refractivity contribution in [3.05, 3.63) is 64.7 Å². The summed E-state index contributed by atoms with van der Waals surface area (Å²) < 4.78 is 16.5. The summed E-state index contributed by atoms with van der Waals surface area (Å²) in [6.45, 7) is 4.84. The normalized spacial score (nSPS) is 21.5. The topological polar surface area (TPSA) is 85.3 Å². The second-order valence-electron chi connectivity index (χ2n) is 7.95. The molecular weight excluding hydrogens is 410 g/mol. The van der Waals surface area contributed by atoms with Crippen molar-refractivity contribution in [1.29, 1.82) is 0 Å². The second kappa shape index (κ2) is 9.04. The molecule has 2 heterocycles. The van der Waals surface area contributed by atoms with Gasteiger partial charge in [-0.05, 0) is 55.3 Å². The summed E-state index contributed by atoms with van der Waals surface area (Å²) in [6.07, 6.45) is 0.779. The molecule has 1 fully saturated rings. The zero-order chi connectivity index (χ0) is 22.8. The molecule has 2 aromatic carbocycles. The summed E-state index contributed by atoms with van der Waals surface area (Å²) in [5.41, 5.74) is 2.19. The smallest absolute Gasteiger partial charge is 0.295 e. The first-order valence-electron chi connectivity index (χ1n) is 10.7. The Kier molecular flexibility index (Phi) is 6.19. The van der Waals surface area contributed by atoms with Crippen LogP contribution in [0.15, 0.2) is 48.0 Å². The number of ketones is 1. The van der Waals surface area contributed by atoms with Crippen molar-refractivity contribution in [1.82, 2.24) is 4.90 Å². The Labute approximate surface area is 187 Å². The molecule has 0 spiro atoms. The van der Waals surface area contributed by atoms with Gasteiger partial charge < -0.3 is 24.2 Å². The lowest BCUT2D eigenvalue weighted by atomic mass is 9.94. The number of hydrogen-bond donors (Lipinski definition) is 1. The number of aliphatic hydroxyl groups excluding tert-OH is 1. The molecule has 2 aliphatic heterocycles. The molecule has 4 rings (SSSR count). The highest BCUT2D eigenvalue weighted by Gasteiger charge is 2.46. The number of aliphatic hydroxyl groups is 1. The van der Waals surface area contributed by atoms with E-state index in [4.69, 9.17) is 14.2 Å². The van der Waals surface area contributed by atoms with Crippen LogP contribution in [0, 0.1) is 0 Å². The van der Waals surface area contributed by atoms with Gasteiger partial charge in [0, 0.05) is 25.6 Å². The van der Waals surface area contributed by atoms with Gasteiger partial charge in [0.25, 0.3) is 11.7 Å². The van der Waals surface area contributed by atoms with E-state index in [1.807, 2.05) is 38.1 Å². The molecule has 7 heteroatoms. The number of likely N-dealkylation sites (tertiary alicyclic amines) is 1. The van der Waals surface area contributed by atoms with Gasteiger partial charge in [0.1, 0.15) is 23.4 Å². The highest BCUT2D eigenvalue weighted by Crippen LogP contribution is 2.41. The number of nitrogens with zero attached hydrogens (tertiary/aromatic N) is 1. The monoisotopic (exact) mass is 437 g/mol. The van der Waals surface area contributed by atoms with Crippen LogP contribution in [-0.4, -0.2) is 54.7 Å². The predicted molar refractivity (Wildman–Crippen MR) is 119 cm³/mol. The zero-order valence-electron chi connectivity index (χ0n) is 18.5. The highest BCUT2D eigenvalue weighted by atomic mass is 16.5. The number of hydrogen-bond acceptors (Lipinski definition) is 6. The Hall–Kier alpha value is -3.32. The van der Waals surface area contributed by atoms with Crippen molar-refractivity contribution in [3.8, 4) is 11.5 Å². The van der Waals surface area contributed by atoms with Gasteiger partial charge in [-0.25, -0.2) is 0 Å². The number of ether oxygens (including phenoxy) is 3. The van der Waals surface area contributed by atoms with E-state index in [0.717, 1.165) is 17.7 Å². The molecule has 0 aromatic heterocycles. The molecule has 168 valence electrons. The van der Waals surface area contributed by atoms with E-state index in [-0.39, 0.29) is 30.6 Å². The predicted octanol–water partition coefficient (Wildman–Crippen LogP) is 3.48. The van der Waals surface area contributed by atoms with Crippen molar-refractivity contribution in [3.63, 3.8) is 0 Å². The Morgan fingerprint density at radius 1 is 1.22 bits per heavy atom. The molecule has 32 heavy (non-hydrogen) atoms. The van der Waals surface area contributed by atoms with Crippen molar-refractivity contribution >= 4 is 17.4 Å². The summed E-state index contributed by atoms with van der Waals surface area (Å²) in [5, 5.41) is 11.2. The molecule has 0 radical (unpaired) electrons. The maximum absolute atomic E-state index is 13.1. The molecule has 0 bridgehead atoms. The highest BCUT2D eigenvalue weighted by molar-refractivity contribution is 6.46. The lowest BCUT2D eigenvalue weighted by molar-refractivity contribution is -0.140. The number of carbonyl (C=O) groups excluding carboxylic acids is 2. The van der Waals surface area contributed by atoms with Crippen molar-refractivity contribution in [2.75, 3.05) is 26.9 Å². The first-order chi connectivity index (χ1) is 15.4. The maximum atomic E-state index is 13.1. The van der Waals surface area contributed by atoms with Crippen LogP contribution in [0.25, 0.3) is 5.76 Å². The molecule has 2 aliphatic rings. The molecule has 0 saturated carbocycles. The molecule has 0 unspecified atom stereocenters. The number of methoxy groups -OCH3 is 1. The first-order valence-corrected chi connectivity index (χ1v) is 10.7. The summed E-state index contributed by atoms with van der Waals surface area (Å²) in [6, 6.07) is 11.8. The Balaban J connectivity index is 1.82. The Morgan fingerprint density at radius 3 is 2.78 bits per heavy atom. The van der Waals surface area contributed by atoms with Crippen LogP contribution in [0.2, 0.25) is 0 Å². The van der Waals surface area contributed by atoms with Gasteiger partial charge in [0.2, 0.25) is 0 Å². The minimum Gasteiger partial charge on any atom is -0.507 e. The van der Waals surface area contributed by atoms with Gasteiger partial charge in [-0.2, -0.15) is 0 Å². The minimum absolute atomic E-state index is 0.0586. The van der Waals surface area contributed by atoms with Crippen LogP contribution in [-0.2, 0) is 20.7 Å². The van der Waals surface area contributed by atoms with E-state index in [9.17, 15) is 14.7 Å². The van der Waals surface area contributed by atoms with Gasteiger partial charge >= 0.3 is 0 Å². The molecule has 1 saturated heterocycles. The van der Waals surface area contributed by atoms with Crippen LogP contribution < -0.4 is 9.47 Å². The third kappa shape index (κ3) is 3.96. The van der Waals surface area contributed by atoms with Crippen LogP contribution >= 0.6 is 0 Å². The van der Waals surface area contributed by atoms with Crippen LogP contribution in [0.1, 0.15) is 36.6 Å². The third-order valence-corrected chi connectivity index (χ3v) is 5.73. The van der Waals surface area contributed by atoms with Crippen molar-refractivity contribution < 1.29 is 28.9 Å². The minimum atomic E-state index is -0.742. The largest absolute Gasteiger partial charge is 0.507 e. The van der Waals surface area contributed by atoms with Gasteiger partial charge in [0.15, 0.2) is 0 Å². The summed E-state index contributed by atoms with van der Waals surface area (Å²) in [7, 11) is 1.54. The zero-order valence-corrected chi connectivity index (χ0v) is 18.5. The fourth-order valence-electron chi connectivity index (χ4n) is 4.31. The van der Waals surface area contributed by atoms with Crippen LogP contribution in [0.4, 0.5) is 0 Å². The van der Waals surface area contributed by atoms with Gasteiger partial charge in [-0.15, -0.1) is 0 Å². The lowest BCUT2D eigenvalue weighted by Gasteiger charge is -2.25. The number of amides is 1. The maximum Gasteiger partial charge on any atom is 0.295 e. The fraction of sp³-hybridized carbons (Fsp3) is 0.360. The Morgan fingerprint density at radius 2 is 2.03 bits per heavy atom. The number of carbonyl (C=O) groups is 2. The molecule has 7 nitrogen and oxygen atoms in total. The summed E-state index contributed by atoms with van der Waals surface area (Å²) in [4.78, 5) is 27.4. The number of rotatable bonds is 7. The second-order valence-corrected chi connectivity index (χ2v) is 7.95. The molecule has 1 amide bonds. The van der Waals surface area contributed by atoms with E-state index in [1.165, 1.54) is 12.0 Å². The number of Topliss-reactive ketones (excluding diaryl/α,β-unsaturated/α-hetero) is 1. The van der Waals surface area contributed by atoms with Gasteiger partial charge in [-0.3, -0.25) is 9.59 Å². The molecule has 0 aliphatic carbocycles. The van der Waals surface area contributed by atoms with Crippen LogP contribution in [0.5, 0.6) is 11.5 Å². The molecule has 1 N–H and O–H groups in total. The van der Waals surface area contributed by atoms with E-state index in [2.05, 4.69) is 0 Å². The average molecular weight is 437 g/mol. The Bertz CT molecular complexity index is 1080. The van der Waals surface area contributed by atoms with Crippen LogP contribution in [0.3, 0.4) is 0 Å². The van der Waals surface area contributed by atoms with Crippen molar-refractivity contribution in [2.24, 2.45) is 0 Å². The van der Waals surface area contributed by atoms with E-state index >= 15 is 0 Å². The summed E-state index contributed by atoms with van der Waals surface area (Å²) in [5.74, 6) is -0.164. The standard InChI is InChI=1S/C25H27NO6/c1-4-31-19-7-5-6-16(14-19)22-21(24(28)25(29)26(22)10-11-30-3)23(27)17-8-9-20-18(13-17)12-15(2)32-20/h5-9,13-15,22,27H,4,10-12H2,1-3H3/t15-,22-/m1/s1. The number of benzene rings is 2. The molecular formula is C25H27NO6. The fourth-order valence-corrected chi connectivity index (χ4v) is 4.31. The van der Waals surface area contributed by atoms with Gasteiger partial charge in [-0.1, -0.05) is 12.1 Å². The first kappa shape index (κ1) is 21.9. The van der Waals surface area contributed by atoms with E-state index < -0.39 is 17.7 Å². The molecule has 2 aromatic rings. The van der Waals surface area contributed by atoms with E-state index in [0.29, 0.717) is 23.5 Å². The van der Waals surface area contributed by atoms with E-state index in [1.54, 1.807) is 18.2 Å². The summed E-state index contributed by atoms with van der Waals surface area (Å²) >= 11 is 0.